The molecule has 11 N–H and O–H groups in total. The molecule has 26 nitrogen and oxygen atoms in total. The van der Waals surface area contributed by atoms with Gasteiger partial charge in [0.1, 0.15) is 43.0 Å². The molecular formula is C52H63N7O19. The molecule has 0 aliphatic carbocycles. The van der Waals surface area contributed by atoms with Crippen LogP contribution >= 0.6 is 0 Å². The molecule has 0 radical (unpaired) electrons. The number of aryl methyl sites for hydroxylation is 1. The smallest absolute Gasteiger partial charge is 0.412 e. The van der Waals surface area contributed by atoms with Gasteiger partial charge in [0.25, 0.3) is 5.56 Å². The fourth-order valence-electron chi connectivity index (χ4n) is 9.65. The molecular weight excluding hydrogens is 1030 g/mol. The van der Waals surface area contributed by atoms with Crippen LogP contribution in [0.4, 0.5) is 16.2 Å². The number of nitrogens with two attached hydrogens (primary N) is 1. The number of ether oxygens (including phenoxy) is 7. The number of carbonyl (C=O) groups excluding carboxylic acids is 5. The van der Waals surface area contributed by atoms with Crippen LogP contribution in [0.15, 0.2) is 35.1 Å². The Bertz CT molecular complexity index is 3040. The lowest BCUT2D eigenvalue weighted by atomic mass is 9.86. The summed E-state index contributed by atoms with van der Waals surface area (Å²) in [6.07, 6.45) is -7.53. The number of hydrogen-bond donors (Lipinski definition) is 10. The third kappa shape index (κ3) is 11.8. The molecule has 26 heteroatoms. The van der Waals surface area contributed by atoms with Gasteiger partial charge in [-0.2, -0.15) is 0 Å². The number of cyclic esters (lactones) is 1. The van der Waals surface area contributed by atoms with Crippen molar-refractivity contribution in [3.8, 4) is 28.6 Å². The van der Waals surface area contributed by atoms with Crippen LogP contribution in [-0.4, -0.2) is 141 Å². The second-order valence-corrected chi connectivity index (χ2v) is 19.2. The van der Waals surface area contributed by atoms with E-state index < -0.39 is 84.4 Å². The zero-order valence-electron chi connectivity index (χ0n) is 43.1. The molecule has 420 valence electrons. The molecule has 4 amide bonds. The normalized spacial score (nSPS) is 21.1. The summed E-state index contributed by atoms with van der Waals surface area (Å²) in [5.41, 5.74) is 6.90. The number of amides is 4. The highest BCUT2D eigenvalue weighted by Crippen LogP contribution is 2.49. The number of carboxylic acid groups (broad SMARTS) is 1. The quantitative estimate of drug-likeness (QED) is 0.0325. The highest BCUT2D eigenvalue weighted by molar-refractivity contribution is 6.06. The largest absolute Gasteiger partial charge is 0.479 e. The van der Waals surface area contributed by atoms with Crippen molar-refractivity contribution in [3.63, 3.8) is 0 Å². The molecule has 6 heterocycles. The minimum Gasteiger partial charge on any atom is -0.479 e. The first-order chi connectivity index (χ1) is 37.4. The molecule has 8 rings (SSSR count). The van der Waals surface area contributed by atoms with E-state index in [1.54, 1.807) is 19.1 Å². The molecule has 4 aromatic rings. The molecule has 4 aliphatic rings. The zero-order valence-corrected chi connectivity index (χ0v) is 43.1. The number of esters is 1. The molecule has 1 saturated heterocycles. The van der Waals surface area contributed by atoms with Gasteiger partial charge in [-0.15, -0.1) is 0 Å². The van der Waals surface area contributed by atoms with Gasteiger partial charge < -0.3 is 84.9 Å². The van der Waals surface area contributed by atoms with Crippen molar-refractivity contribution < 1.29 is 87.5 Å². The minimum atomic E-state index is -2.04. The van der Waals surface area contributed by atoms with Gasteiger partial charge in [-0.25, -0.2) is 19.4 Å². The van der Waals surface area contributed by atoms with E-state index >= 15 is 0 Å². The Hall–Kier alpha value is -7.46. The number of methoxy groups -OCH3 is 1. The monoisotopic (exact) mass is 1090 g/mol. The molecule has 7 atom stereocenters. The van der Waals surface area contributed by atoms with Crippen LogP contribution < -0.4 is 46.8 Å². The average Bonchev–Trinajstić information content (AvgIpc) is 4.19. The number of carboxylic acids is 1. The Balaban J connectivity index is 1.00. The number of unbranched alkanes of at least 4 members (excludes halogenated alkanes) is 2. The molecule has 2 aromatic carbocycles. The summed E-state index contributed by atoms with van der Waals surface area (Å²) in [4.78, 5) is 95.7. The van der Waals surface area contributed by atoms with E-state index in [2.05, 4.69) is 21.3 Å². The SMILES string of the molecule is CCCCc1c2c(nc3cc4c(c(NC(=O)OCc5ccc(O[C@@H]6O[C@H](C(=O)O)[C@@H](O)[C@H](O)[C@H]6O)c(NC(=O)CCNC(=O)[C@@H](N)CCCCNC(=O)CCOC)c5)c13)OCO4)-c1cc3c(c(=O)n1C2)COC(=O)[C@]3(O)CC. The lowest BCUT2D eigenvalue weighted by molar-refractivity contribution is -0.271. The third-order valence-corrected chi connectivity index (χ3v) is 14.0. The predicted octanol–water partition coefficient (Wildman–Crippen LogP) is 1.27. The summed E-state index contributed by atoms with van der Waals surface area (Å²) in [6, 6.07) is 6.45. The highest BCUT2D eigenvalue weighted by atomic mass is 16.7. The van der Waals surface area contributed by atoms with Gasteiger partial charge in [-0.1, -0.05) is 26.3 Å². The first-order valence-electron chi connectivity index (χ1n) is 25.6. The summed E-state index contributed by atoms with van der Waals surface area (Å²) in [5, 5.41) is 63.8. The van der Waals surface area contributed by atoms with Gasteiger partial charge >= 0.3 is 18.0 Å². The lowest BCUT2D eigenvalue weighted by Gasteiger charge is -2.38. The molecule has 0 unspecified atom stereocenters. The molecule has 0 spiro atoms. The van der Waals surface area contributed by atoms with Crippen LogP contribution in [0.3, 0.4) is 0 Å². The number of nitrogens with one attached hydrogen (secondary N) is 4. The summed E-state index contributed by atoms with van der Waals surface area (Å²) in [5.74, 6) is -3.60. The standard InChI is InChI=1S/C52H63N7O19/c1-4-6-9-26-27-21-59-33(19-29-28(47(59)66)23-73-50(69)52(29,71)5-2)39(27)57-32-20-35-44(76-24-75-35)40(38(26)32)58-51(70)74-22-25-11-12-34(77-49-43(64)41(62)42(63)45(78-49)48(67)68)31(18-25)56-37(61)13-16-55-46(65)30(53)10-7-8-15-54-36(60)14-17-72-3/h11-12,18-20,30,41-43,45,49,62-64,71H,4-10,13-17,21-24,53H2,1-3H3,(H,54,60)(H,55,65)(H,56,61)(H,58,70)(H,67,68)/t30-,41-,42-,43+,45-,49+,52-/m0/s1. The number of carbonyl (C=O) groups is 6. The first-order valence-corrected chi connectivity index (χ1v) is 25.6. The molecule has 0 bridgehead atoms. The Morgan fingerprint density at radius 2 is 1.72 bits per heavy atom. The van der Waals surface area contributed by atoms with Crippen molar-refractivity contribution >= 4 is 58.0 Å². The molecule has 1 fully saturated rings. The van der Waals surface area contributed by atoms with Crippen LogP contribution in [0.5, 0.6) is 17.2 Å². The maximum Gasteiger partial charge on any atom is 0.412 e. The highest BCUT2D eigenvalue weighted by Gasteiger charge is 2.49. The number of aliphatic hydroxyl groups is 4. The van der Waals surface area contributed by atoms with Crippen molar-refractivity contribution in [1.29, 1.82) is 0 Å². The Labute approximate surface area is 445 Å². The Kier molecular flexibility index (Phi) is 17.8. The van der Waals surface area contributed by atoms with Gasteiger partial charge in [0.05, 0.1) is 47.3 Å². The van der Waals surface area contributed by atoms with E-state index in [0.29, 0.717) is 73.1 Å². The van der Waals surface area contributed by atoms with Gasteiger partial charge in [0, 0.05) is 55.6 Å². The minimum absolute atomic E-state index is 0.0358. The van der Waals surface area contributed by atoms with E-state index in [0.717, 1.165) is 12.0 Å². The van der Waals surface area contributed by atoms with Crippen LogP contribution in [0.25, 0.3) is 22.3 Å². The van der Waals surface area contributed by atoms with Gasteiger partial charge in [-0.3, -0.25) is 24.5 Å². The number of nitrogens with zero attached hydrogens (tertiary/aromatic N) is 2. The summed E-state index contributed by atoms with van der Waals surface area (Å²) >= 11 is 0. The second-order valence-electron chi connectivity index (χ2n) is 19.2. The van der Waals surface area contributed by atoms with Crippen molar-refractivity contribution in [2.24, 2.45) is 5.73 Å². The van der Waals surface area contributed by atoms with E-state index in [-0.39, 0.29) is 97.0 Å². The zero-order chi connectivity index (χ0) is 56.0. The van der Waals surface area contributed by atoms with Gasteiger partial charge in [0.2, 0.25) is 30.8 Å². The van der Waals surface area contributed by atoms with E-state index in [1.165, 1.54) is 29.9 Å². The Morgan fingerprint density at radius 3 is 2.46 bits per heavy atom. The third-order valence-electron chi connectivity index (χ3n) is 14.0. The number of fused-ring (bicyclic) bond motifs is 6. The maximum atomic E-state index is 14.1. The van der Waals surface area contributed by atoms with E-state index in [1.807, 2.05) is 6.92 Å². The lowest BCUT2D eigenvalue weighted by Crippen LogP contribution is -2.61. The van der Waals surface area contributed by atoms with E-state index in [4.69, 9.17) is 43.9 Å². The summed E-state index contributed by atoms with van der Waals surface area (Å²) < 4.78 is 40.2. The van der Waals surface area contributed by atoms with Crippen molar-refractivity contribution in [1.82, 2.24) is 20.2 Å². The number of aromatic nitrogens is 2. The number of benzene rings is 2. The van der Waals surface area contributed by atoms with Gasteiger partial charge in [-0.05, 0) is 67.9 Å². The molecule has 4 aliphatic heterocycles. The number of rotatable bonds is 23. The maximum absolute atomic E-state index is 14.1. The average molecular weight is 1090 g/mol. The van der Waals surface area contributed by atoms with Crippen LogP contribution in [0.1, 0.15) is 93.0 Å². The molecule has 2 aromatic heterocycles. The first kappa shape index (κ1) is 56.7. The summed E-state index contributed by atoms with van der Waals surface area (Å²) in [6.45, 7) is 3.34. The molecule has 78 heavy (non-hydrogen) atoms. The molecule has 0 saturated carbocycles. The van der Waals surface area contributed by atoms with Crippen LogP contribution in [0, 0.1) is 0 Å². The van der Waals surface area contributed by atoms with Crippen LogP contribution in [-0.2, 0) is 74.7 Å². The van der Waals surface area contributed by atoms with E-state index in [9.17, 15) is 59.1 Å². The Morgan fingerprint density at radius 1 is 0.923 bits per heavy atom. The van der Waals surface area contributed by atoms with Crippen molar-refractivity contribution in [2.45, 2.75) is 134 Å². The fraction of sp³-hybridized carbons (Fsp3) is 0.500. The topological polar surface area (TPSA) is 377 Å². The van der Waals surface area contributed by atoms with Crippen molar-refractivity contribution in [2.75, 3.05) is 44.2 Å². The number of hydrogen-bond acceptors (Lipinski definition) is 20. The fourth-order valence-corrected chi connectivity index (χ4v) is 9.65. The second kappa shape index (κ2) is 24.5. The number of anilines is 2. The summed E-state index contributed by atoms with van der Waals surface area (Å²) in [7, 11) is 1.50. The van der Waals surface area contributed by atoms with Crippen LogP contribution in [0.2, 0.25) is 0 Å². The number of aliphatic hydroxyl groups excluding tert-OH is 3. The number of aliphatic carboxylic acids is 1. The number of pyridine rings is 2. The van der Waals surface area contributed by atoms with Crippen molar-refractivity contribution in [3.05, 3.63) is 68.5 Å². The van der Waals surface area contributed by atoms with Gasteiger partial charge in [0.15, 0.2) is 23.2 Å². The predicted molar refractivity (Wildman–Crippen MR) is 272 cm³/mol.